The standard InChI is InChI=1S/C17H24BrNO2/c1-11(2)14-8-6-12-10-13(18)7-9-15(12)19(14)16(20)21-17(3,4)5/h7,9-11,14H,6,8H2,1-5H3. The molecule has 1 atom stereocenters. The van der Waals surface area contributed by atoms with Crippen molar-refractivity contribution in [2.24, 2.45) is 5.92 Å². The molecule has 0 saturated carbocycles. The molecule has 0 fully saturated rings. The van der Waals surface area contributed by atoms with Crippen molar-refractivity contribution in [3.05, 3.63) is 28.2 Å². The normalized spacial score (nSPS) is 18.6. The molecule has 0 spiro atoms. The lowest BCUT2D eigenvalue weighted by Gasteiger charge is -2.40. The van der Waals surface area contributed by atoms with Crippen LogP contribution in [0, 0.1) is 5.92 Å². The van der Waals surface area contributed by atoms with Crippen LogP contribution in [0.5, 0.6) is 0 Å². The number of ether oxygens (including phenoxy) is 1. The number of aryl methyl sites for hydroxylation is 1. The first-order valence-corrected chi connectivity index (χ1v) is 8.29. The summed E-state index contributed by atoms with van der Waals surface area (Å²) in [4.78, 5) is 14.5. The van der Waals surface area contributed by atoms with Gasteiger partial charge in [-0.05, 0) is 63.3 Å². The molecule has 2 rings (SSSR count). The van der Waals surface area contributed by atoms with E-state index >= 15 is 0 Å². The summed E-state index contributed by atoms with van der Waals surface area (Å²) in [7, 11) is 0. The molecular weight excluding hydrogens is 330 g/mol. The first-order valence-electron chi connectivity index (χ1n) is 7.49. The van der Waals surface area contributed by atoms with Gasteiger partial charge >= 0.3 is 6.09 Å². The third-order valence-electron chi connectivity index (χ3n) is 3.70. The average Bonchev–Trinajstić information content (AvgIpc) is 2.34. The van der Waals surface area contributed by atoms with Crippen molar-refractivity contribution in [2.75, 3.05) is 4.90 Å². The van der Waals surface area contributed by atoms with Crippen molar-refractivity contribution in [1.29, 1.82) is 0 Å². The molecular formula is C17H24BrNO2. The van der Waals surface area contributed by atoms with Gasteiger partial charge in [-0.15, -0.1) is 0 Å². The molecule has 1 heterocycles. The Kier molecular flexibility index (Phi) is 4.66. The molecule has 21 heavy (non-hydrogen) atoms. The third kappa shape index (κ3) is 3.79. The van der Waals surface area contributed by atoms with Gasteiger partial charge in [0.05, 0.1) is 5.69 Å². The number of anilines is 1. The van der Waals surface area contributed by atoms with Crippen LogP contribution in [0.1, 0.15) is 46.6 Å². The number of hydrogen-bond donors (Lipinski definition) is 0. The fraction of sp³-hybridized carbons (Fsp3) is 0.588. The van der Waals surface area contributed by atoms with Crippen LogP contribution < -0.4 is 4.90 Å². The largest absolute Gasteiger partial charge is 0.443 e. The van der Waals surface area contributed by atoms with Gasteiger partial charge in [-0.2, -0.15) is 0 Å². The minimum Gasteiger partial charge on any atom is -0.443 e. The van der Waals surface area contributed by atoms with Crippen LogP contribution in [-0.4, -0.2) is 17.7 Å². The lowest BCUT2D eigenvalue weighted by atomic mass is 9.89. The van der Waals surface area contributed by atoms with Crippen molar-refractivity contribution in [2.45, 2.75) is 59.1 Å². The summed E-state index contributed by atoms with van der Waals surface area (Å²) < 4.78 is 6.67. The summed E-state index contributed by atoms with van der Waals surface area (Å²) in [5.41, 5.74) is 1.70. The summed E-state index contributed by atoms with van der Waals surface area (Å²) in [5.74, 6) is 0.398. The van der Waals surface area contributed by atoms with E-state index in [4.69, 9.17) is 4.74 Å². The van der Waals surface area contributed by atoms with Gasteiger partial charge in [0.15, 0.2) is 0 Å². The van der Waals surface area contributed by atoms with Crippen molar-refractivity contribution in [1.82, 2.24) is 0 Å². The van der Waals surface area contributed by atoms with Crippen molar-refractivity contribution >= 4 is 27.7 Å². The topological polar surface area (TPSA) is 29.5 Å². The zero-order chi connectivity index (χ0) is 15.8. The average molecular weight is 354 g/mol. The molecule has 4 heteroatoms. The van der Waals surface area contributed by atoms with Crippen molar-refractivity contribution in [3.63, 3.8) is 0 Å². The number of halogens is 1. The fourth-order valence-corrected chi connectivity index (χ4v) is 3.19. The van der Waals surface area contributed by atoms with E-state index in [1.54, 1.807) is 0 Å². The van der Waals surface area contributed by atoms with Crippen molar-refractivity contribution < 1.29 is 9.53 Å². The molecule has 0 bridgehead atoms. The van der Waals surface area contributed by atoms with Gasteiger partial charge in [0.25, 0.3) is 0 Å². The second kappa shape index (κ2) is 5.99. The van der Waals surface area contributed by atoms with E-state index in [0.717, 1.165) is 23.0 Å². The van der Waals surface area contributed by atoms with E-state index in [0.29, 0.717) is 5.92 Å². The maximum atomic E-state index is 12.7. The fourth-order valence-electron chi connectivity index (χ4n) is 2.78. The van der Waals surface area contributed by atoms with Crippen LogP contribution in [0.25, 0.3) is 0 Å². The number of hydrogen-bond acceptors (Lipinski definition) is 2. The number of carbonyl (C=O) groups is 1. The smallest absolute Gasteiger partial charge is 0.415 e. The highest BCUT2D eigenvalue weighted by molar-refractivity contribution is 9.10. The van der Waals surface area contributed by atoms with Gasteiger partial charge in [0, 0.05) is 10.5 Å². The van der Waals surface area contributed by atoms with Gasteiger partial charge in [-0.1, -0.05) is 29.8 Å². The molecule has 3 nitrogen and oxygen atoms in total. The number of amides is 1. The molecule has 1 aliphatic heterocycles. The molecule has 0 saturated heterocycles. The highest BCUT2D eigenvalue weighted by Crippen LogP contribution is 2.36. The first-order chi connectivity index (χ1) is 9.69. The second-order valence-corrected chi connectivity index (χ2v) is 7.89. The van der Waals surface area contributed by atoms with Crippen LogP contribution in [0.4, 0.5) is 10.5 Å². The van der Waals surface area contributed by atoms with Crippen LogP contribution >= 0.6 is 15.9 Å². The minimum absolute atomic E-state index is 0.188. The first kappa shape index (κ1) is 16.3. The molecule has 116 valence electrons. The lowest BCUT2D eigenvalue weighted by Crippen LogP contribution is -2.48. The zero-order valence-electron chi connectivity index (χ0n) is 13.4. The molecule has 0 aromatic heterocycles. The van der Waals surface area contributed by atoms with E-state index in [9.17, 15) is 4.79 Å². The van der Waals surface area contributed by atoms with Gasteiger partial charge in [-0.3, -0.25) is 4.90 Å². The van der Waals surface area contributed by atoms with Gasteiger partial charge < -0.3 is 4.74 Å². The maximum Gasteiger partial charge on any atom is 0.415 e. The lowest BCUT2D eigenvalue weighted by molar-refractivity contribution is 0.0550. The van der Waals surface area contributed by atoms with E-state index in [1.165, 1.54) is 5.56 Å². The number of nitrogens with zero attached hydrogens (tertiary/aromatic N) is 1. The summed E-state index contributed by atoms with van der Waals surface area (Å²) in [6.07, 6.45) is 1.72. The van der Waals surface area contributed by atoms with E-state index in [2.05, 4.69) is 35.8 Å². The number of fused-ring (bicyclic) bond motifs is 1. The summed E-state index contributed by atoms with van der Waals surface area (Å²) in [5, 5.41) is 0. The molecule has 1 unspecified atom stereocenters. The van der Waals surface area contributed by atoms with Crippen LogP contribution in [0.2, 0.25) is 0 Å². The molecule has 1 amide bonds. The van der Waals surface area contributed by atoms with Crippen LogP contribution in [0.3, 0.4) is 0 Å². The molecule has 0 radical (unpaired) electrons. The van der Waals surface area contributed by atoms with Gasteiger partial charge in [-0.25, -0.2) is 4.79 Å². The molecule has 0 N–H and O–H groups in total. The summed E-state index contributed by atoms with van der Waals surface area (Å²) >= 11 is 3.51. The third-order valence-corrected chi connectivity index (χ3v) is 4.20. The Morgan fingerprint density at radius 1 is 1.38 bits per heavy atom. The second-order valence-electron chi connectivity index (χ2n) is 6.97. The molecule has 1 aliphatic rings. The molecule has 0 aliphatic carbocycles. The Morgan fingerprint density at radius 3 is 2.62 bits per heavy atom. The number of rotatable bonds is 1. The van der Waals surface area contributed by atoms with Crippen LogP contribution in [0.15, 0.2) is 22.7 Å². The minimum atomic E-state index is -0.481. The Bertz CT molecular complexity index is 534. The Hall–Kier alpha value is -1.03. The maximum absolute atomic E-state index is 12.7. The highest BCUT2D eigenvalue weighted by atomic mass is 79.9. The monoisotopic (exact) mass is 353 g/mol. The predicted octanol–water partition coefficient (Wildman–Crippen LogP) is 5.16. The summed E-state index contributed by atoms with van der Waals surface area (Å²) in [6, 6.07) is 6.29. The number of carbonyl (C=O) groups excluding carboxylic acids is 1. The highest BCUT2D eigenvalue weighted by Gasteiger charge is 2.35. The quantitative estimate of drug-likeness (QED) is 0.697. The van der Waals surface area contributed by atoms with Gasteiger partial charge in [0.2, 0.25) is 0 Å². The molecule has 1 aromatic carbocycles. The van der Waals surface area contributed by atoms with E-state index in [1.807, 2.05) is 37.8 Å². The summed E-state index contributed by atoms with van der Waals surface area (Å²) in [6.45, 7) is 10.0. The Labute approximate surface area is 135 Å². The predicted molar refractivity (Wildman–Crippen MR) is 89.8 cm³/mol. The van der Waals surface area contributed by atoms with Crippen LogP contribution in [-0.2, 0) is 11.2 Å². The van der Waals surface area contributed by atoms with E-state index < -0.39 is 5.60 Å². The van der Waals surface area contributed by atoms with E-state index in [-0.39, 0.29) is 12.1 Å². The van der Waals surface area contributed by atoms with Gasteiger partial charge in [0.1, 0.15) is 5.60 Å². The number of benzene rings is 1. The SMILES string of the molecule is CC(C)C1CCc2cc(Br)ccc2N1C(=O)OC(C)(C)C. The zero-order valence-corrected chi connectivity index (χ0v) is 15.0. The molecule has 1 aromatic rings. The van der Waals surface area contributed by atoms with Crippen molar-refractivity contribution in [3.8, 4) is 0 Å². The Balaban J connectivity index is 2.40. The Morgan fingerprint density at radius 2 is 2.05 bits per heavy atom.